The fourth-order valence-corrected chi connectivity index (χ4v) is 4.82. The van der Waals surface area contributed by atoms with Crippen molar-refractivity contribution in [1.29, 1.82) is 0 Å². The molecule has 9 nitrogen and oxygen atoms in total. The number of piperazine rings is 1. The Hall–Kier alpha value is -3.50. The number of amides is 3. The summed E-state index contributed by atoms with van der Waals surface area (Å²) >= 11 is 7.35. The summed E-state index contributed by atoms with van der Waals surface area (Å²) in [7, 11) is 1.50. The highest BCUT2D eigenvalue weighted by molar-refractivity contribution is 7.11. The third kappa shape index (κ3) is 5.18. The number of hydrogen-bond donors (Lipinski definition) is 2. The molecule has 1 saturated heterocycles. The summed E-state index contributed by atoms with van der Waals surface area (Å²) in [6.07, 6.45) is 4.36. The Labute approximate surface area is 205 Å². The number of rotatable bonds is 6. The van der Waals surface area contributed by atoms with E-state index in [1.54, 1.807) is 22.4 Å². The van der Waals surface area contributed by atoms with Crippen molar-refractivity contribution >= 4 is 63.5 Å². The highest BCUT2D eigenvalue weighted by Gasteiger charge is 2.37. The van der Waals surface area contributed by atoms with E-state index in [4.69, 9.17) is 17.3 Å². The van der Waals surface area contributed by atoms with E-state index >= 15 is 0 Å². The number of nitrogens with zero attached hydrogens (tertiary/aromatic N) is 4. The van der Waals surface area contributed by atoms with Gasteiger partial charge in [-0.2, -0.15) is 0 Å². The topological polar surface area (TPSA) is 122 Å². The maximum absolute atomic E-state index is 13.4. The molecule has 3 amide bonds. The molecule has 11 heteroatoms. The van der Waals surface area contributed by atoms with Gasteiger partial charge in [-0.05, 0) is 29.8 Å². The van der Waals surface area contributed by atoms with E-state index < -0.39 is 6.04 Å². The van der Waals surface area contributed by atoms with Gasteiger partial charge < -0.3 is 20.9 Å². The zero-order chi connectivity index (χ0) is 24.2. The lowest BCUT2D eigenvalue weighted by atomic mass is 10.0. The van der Waals surface area contributed by atoms with Crippen molar-refractivity contribution in [2.24, 2.45) is 0 Å². The van der Waals surface area contributed by atoms with Gasteiger partial charge in [0.25, 0.3) is 0 Å². The van der Waals surface area contributed by atoms with Crippen LogP contribution in [-0.2, 0) is 20.9 Å². The number of carbonyl (C=O) groups is 3. The van der Waals surface area contributed by atoms with Crippen molar-refractivity contribution in [1.82, 2.24) is 25.1 Å². The number of benzene rings is 1. The second-order valence-electron chi connectivity index (χ2n) is 7.80. The van der Waals surface area contributed by atoms with E-state index in [-0.39, 0.29) is 24.1 Å². The molecule has 1 aliphatic rings. The Morgan fingerprint density at radius 1 is 1.29 bits per heavy atom. The summed E-state index contributed by atoms with van der Waals surface area (Å²) in [6, 6.07) is 6.42. The van der Waals surface area contributed by atoms with Gasteiger partial charge in [-0.15, -0.1) is 11.3 Å². The fraction of sp³-hybridized carbons (Fsp3) is 0.261. The molecule has 176 valence electrons. The van der Waals surface area contributed by atoms with Crippen molar-refractivity contribution in [2.75, 3.05) is 25.9 Å². The summed E-state index contributed by atoms with van der Waals surface area (Å²) < 4.78 is 0. The Morgan fingerprint density at radius 2 is 2.12 bits per heavy atom. The Bertz CT molecular complexity index is 1280. The molecule has 3 aromatic rings. The number of hydrogen-bond acceptors (Lipinski definition) is 7. The van der Waals surface area contributed by atoms with Crippen LogP contribution in [0.25, 0.3) is 17.0 Å². The SMILES string of the molecule is CNC(=O)C[C@H]1C(=O)N(Cc2ccc3c(N)ncnc3c2)CCN1C(=O)C=Cc1cc(Cl)cs1. The van der Waals surface area contributed by atoms with Crippen LogP contribution in [0.15, 0.2) is 42.0 Å². The second kappa shape index (κ2) is 10.2. The fourth-order valence-electron chi connectivity index (χ4n) is 3.84. The standard InChI is InChI=1S/C23H23ClN6O3S/c1-26-20(31)10-19-23(33)29(11-14-2-4-17-18(8-14)27-13-28-22(17)25)6-7-30(19)21(32)5-3-16-9-15(24)12-34-16/h2-5,8-9,12-13,19H,6-7,10-11H2,1H3,(H,26,31)(H2,25,27,28)/t19-/m0/s1. The molecule has 0 saturated carbocycles. The smallest absolute Gasteiger partial charge is 0.247 e. The molecule has 1 aromatic carbocycles. The number of fused-ring (bicyclic) bond motifs is 1. The van der Waals surface area contributed by atoms with Crippen LogP contribution in [0.5, 0.6) is 0 Å². The van der Waals surface area contributed by atoms with Crippen molar-refractivity contribution in [3.63, 3.8) is 0 Å². The van der Waals surface area contributed by atoms with Crippen LogP contribution in [0.3, 0.4) is 0 Å². The van der Waals surface area contributed by atoms with Crippen LogP contribution in [0, 0.1) is 0 Å². The van der Waals surface area contributed by atoms with Gasteiger partial charge in [0.15, 0.2) is 0 Å². The average molecular weight is 499 g/mol. The van der Waals surface area contributed by atoms with E-state index in [1.165, 1.54) is 35.7 Å². The minimum atomic E-state index is -0.892. The molecule has 0 unspecified atom stereocenters. The van der Waals surface area contributed by atoms with Crippen molar-refractivity contribution < 1.29 is 14.4 Å². The Kier molecular flexibility index (Phi) is 7.09. The van der Waals surface area contributed by atoms with Crippen LogP contribution in [0.2, 0.25) is 5.02 Å². The first-order chi connectivity index (χ1) is 16.4. The largest absolute Gasteiger partial charge is 0.383 e. The van der Waals surface area contributed by atoms with Crippen molar-refractivity contribution in [3.05, 3.63) is 57.5 Å². The first-order valence-electron chi connectivity index (χ1n) is 10.6. The minimum Gasteiger partial charge on any atom is -0.383 e. The van der Waals surface area contributed by atoms with Gasteiger partial charge in [-0.1, -0.05) is 17.7 Å². The lowest BCUT2D eigenvalue weighted by molar-refractivity contribution is -0.151. The first-order valence-corrected chi connectivity index (χ1v) is 11.8. The molecule has 0 bridgehead atoms. The van der Waals surface area contributed by atoms with Gasteiger partial charge >= 0.3 is 0 Å². The Morgan fingerprint density at radius 3 is 2.85 bits per heavy atom. The number of nitrogens with two attached hydrogens (primary N) is 1. The number of anilines is 1. The second-order valence-corrected chi connectivity index (χ2v) is 9.17. The van der Waals surface area contributed by atoms with Crippen LogP contribution < -0.4 is 11.1 Å². The molecule has 1 atom stereocenters. The monoisotopic (exact) mass is 498 g/mol. The molecule has 0 aliphatic carbocycles. The summed E-state index contributed by atoms with van der Waals surface area (Å²) in [5.41, 5.74) is 7.45. The van der Waals surface area contributed by atoms with Gasteiger partial charge in [-0.25, -0.2) is 9.97 Å². The molecule has 3 N–H and O–H groups in total. The number of halogens is 1. The molecule has 0 radical (unpaired) electrons. The first kappa shape index (κ1) is 23.7. The molecule has 4 rings (SSSR count). The maximum atomic E-state index is 13.4. The van der Waals surface area contributed by atoms with Crippen molar-refractivity contribution in [3.8, 4) is 0 Å². The van der Waals surface area contributed by atoms with E-state index in [1.807, 2.05) is 18.2 Å². The van der Waals surface area contributed by atoms with E-state index in [2.05, 4.69) is 15.3 Å². The average Bonchev–Trinajstić information content (AvgIpc) is 3.25. The maximum Gasteiger partial charge on any atom is 0.247 e. The van der Waals surface area contributed by atoms with Crippen LogP contribution in [0.4, 0.5) is 5.82 Å². The Balaban J connectivity index is 1.52. The number of nitrogen functional groups attached to an aromatic ring is 1. The summed E-state index contributed by atoms with van der Waals surface area (Å²) in [4.78, 5) is 50.6. The minimum absolute atomic E-state index is 0.113. The lowest BCUT2D eigenvalue weighted by Gasteiger charge is -2.40. The normalized spacial score (nSPS) is 16.4. The predicted octanol–water partition coefficient (Wildman–Crippen LogP) is 2.32. The summed E-state index contributed by atoms with van der Waals surface area (Å²) in [5.74, 6) is -0.532. The highest BCUT2D eigenvalue weighted by atomic mass is 35.5. The quantitative estimate of drug-likeness (QED) is 0.503. The van der Waals surface area contributed by atoms with E-state index in [0.29, 0.717) is 36.0 Å². The van der Waals surface area contributed by atoms with E-state index in [9.17, 15) is 14.4 Å². The predicted molar refractivity (Wildman–Crippen MR) is 132 cm³/mol. The van der Waals surface area contributed by atoms with Gasteiger partial charge in [0.1, 0.15) is 18.2 Å². The molecular formula is C23H23ClN6O3S. The van der Waals surface area contributed by atoms with Crippen LogP contribution in [0.1, 0.15) is 16.9 Å². The third-order valence-corrected chi connectivity index (χ3v) is 6.85. The van der Waals surface area contributed by atoms with Gasteiger partial charge in [0.2, 0.25) is 17.7 Å². The molecular weight excluding hydrogens is 476 g/mol. The number of thiophene rings is 1. The number of carbonyl (C=O) groups excluding carboxylic acids is 3. The highest BCUT2D eigenvalue weighted by Crippen LogP contribution is 2.23. The zero-order valence-corrected chi connectivity index (χ0v) is 20.0. The lowest BCUT2D eigenvalue weighted by Crippen LogP contribution is -2.59. The van der Waals surface area contributed by atoms with Gasteiger partial charge in [0.05, 0.1) is 17.0 Å². The molecule has 1 fully saturated rings. The summed E-state index contributed by atoms with van der Waals surface area (Å²) in [6.45, 7) is 0.983. The van der Waals surface area contributed by atoms with E-state index in [0.717, 1.165) is 15.8 Å². The third-order valence-electron chi connectivity index (χ3n) is 5.61. The van der Waals surface area contributed by atoms with Crippen molar-refractivity contribution in [2.45, 2.75) is 19.0 Å². The molecule has 3 heterocycles. The zero-order valence-electron chi connectivity index (χ0n) is 18.4. The van der Waals surface area contributed by atoms with Gasteiger partial charge in [0, 0.05) is 48.4 Å². The molecule has 0 spiro atoms. The molecule has 1 aliphatic heterocycles. The van der Waals surface area contributed by atoms with Crippen LogP contribution in [-0.4, -0.2) is 63.7 Å². The number of aromatic nitrogens is 2. The summed E-state index contributed by atoms with van der Waals surface area (Å²) in [5, 5.41) is 5.65. The molecule has 2 aromatic heterocycles. The van der Waals surface area contributed by atoms with Gasteiger partial charge in [-0.3, -0.25) is 14.4 Å². The molecule has 34 heavy (non-hydrogen) atoms. The number of nitrogens with one attached hydrogen (secondary N) is 1. The van der Waals surface area contributed by atoms with Crippen LogP contribution >= 0.6 is 22.9 Å².